The molecule has 0 bridgehead atoms. The van der Waals surface area contributed by atoms with Crippen LogP contribution in [0.15, 0.2) is 65.3 Å². The maximum absolute atomic E-state index is 13.8. The molecule has 0 aliphatic heterocycles. The lowest BCUT2D eigenvalue weighted by atomic mass is 10.0. The number of rotatable bonds is 8. The Bertz CT molecular complexity index is 1240. The molecule has 1 saturated carbocycles. The topological polar surface area (TPSA) is 81.0 Å². The molecule has 1 fully saturated rings. The van der Waals surface area contributed by atoms with Crippen molar-refractivity contribution >= 4 is 17.5 Å². The Balaban J connectivity index is 1.89. The molecule has 3 aromatic rings. The Hall–Kier alpha value is -3.95. The first-order chi connectivity index (χ1) is 17.7. The molecule has 7 nitrogen and oxygen atoms in total. The summed E-state index contributed by atoms with van der Waals surface area (Å²) in [5.41, 5.74) is -0.743. The summed E-state index contributed by atoms with van der Waals surface area (Å²) >= 11 is 0. The number of benzene rings is 2. The second-order valence-corrected chi connectivity index (χ2v) is 8.71. The van der Waals surface area contributed by atoms with Crippen LogP contribution in [0.25, 0.3) is 0 Å². The summed E-state index contributed by atoms with van der Waals surface area (Å²) in [7, 11) is 2.88. The van der Waals surface area contributed by atoms with Crippen LogP contribution in [0.5, 0.6) is 11.5 Å². The summed E-state index contributed by atoms with van der Waals surface area (Å²) in [5, 5.41) is 2.98. The van der Waals surface area contributed by atoms with Crippen LogP contribution in [0.1, 0.15) is 53.4 Å². The zero-order valence-electron chi connectivity index (χ0n) is 20.4. The molecule has 0 unspecified atom stereocenters. The van der Waals surface area contributed by atoms with Crippen molar-refractivity contribution in [3.63, 3.8) is 0 Å². The van der Waals surface area contributed by atoms with Crippen LogP contribution < -0.4 is 19.7 Å². The van der Waals surface area contributed by atoms with E-state index >= 15 is 0 Å². The first-order valence-electron chi connectivity index (χ1n) is 11.8. The maximum Gasteiger partial charge on any atom is 0.416 e. The van der Waals surface area contributed by atoms with Gasteiger partial charge in [-0.15, -0.1) is 0 Å². The lowest BCUT2D eigenvalue weighted by molar-refractivity contribution is -0.137. The van der Waals surface area contributed by atoms with Crippen molar-refractivity contribution < 1.29 is 36.7 Å². The summed E-state index contributed by atoms with van der Waals surface area (Å²) in [6.45, 7) is 0. The Kier molecular flexibility index (Phi) is 7.75. The number of amides is 2. The van der Waals surface area contributed by atoms with E-state index < -0.39 is 29.6 Å². The fourth-order valence-electron chi connectivity index (χ4n) is 4.53. The minimum absolute atomic E-state index is 0.0998. The molecule has 196 valence electrons. The van der Waals surface area contributed by atoms with Gasteiger partial charge in [0.25, 0.3) is 5.91 Å². The molecule has 1 aromatic heterocycles. The highest BCUT2D eigenvalue weighted by atomic mass is 19.4. The summed E-state index contributed by atoms with van der Waals surface area (Å²) < 4.78 is 56.8. The van der Waals surface area contributed by atoms with Gasteiger partial charge in [-0.05, 0) is 60.9 Å². The van der Waals surface area contributed by atoms with Gasteiger partial charge in [-0.3, -0.25) is 14.5 Å². The molecule has 1 atom stereocenters. The molecule has 1 aliphatic rings. The Morgan fingerprint density at radius 3 is 2.35 bits per heavy atom. The van der Waals surface area contributed by atoms with Crippen molar-refractivity contribution in [2.24, 2.45) is 0 Å². The third-order valence-electron chi connectivity index (χ3n) is 6.33. The number of methoxy groups -OCH3 is 2. The van der Waals surface area contributed by atoms with Gasteiger partial charge in [-0.25, -0.2) is 0 Å². The number of carbonyl (C=O) groups excluding carboxylic acids is 2. The van der Waals surface area contributed by atoms with Gasteiger partial charge in [0.2, 0.25) is 5.91 Å². The van der Waals surface area contributed by atoms with Crippen LogP contribution in [0.2, 0.25) is 0 Å². The maximum atomic E-state index is 13.8. The van der Waals surface area contributed by atoms with E-state index in [9.17, 15) is 22.8 Å². The molecule has 2 aromatic carbocycles. The minimum Gasteiger partial charge on any atom is -0.493 e. The molecule has 1 N–H and O–H groups in total. The number of carbonyl (C=O) groups is 2. The number of hydrogen-bond donors (Lipinski definition) is 1. The van der Waals surface area contributed by atoms with Crippen LogP contribution >= 0.6 is 0 Å². The van der Waals surface area contributed by atoms with Gasteiger partial charge in [0.15, 0.2) is 17.3 Å². The monoisotopic (exact) mass is 516 g/mol. The highest BCUT2D eigenvalue weighted by Gasteiger charge is 2.38. The van der Waals surface area contributed by atoms with Crippen molar-refractivity contribution in [2.75, 3.05) is 19.1 Å². The van der Waals surface area contributed by atoms with Gasteiger partial charge in [0, 0.05) is 11.7 Å². The second kappa shape index (κ2) is 11.0. The number of nitrogens with zero attached hydrogens (tertiary/aromatic N) is 1. The molecule has 2 amide bonds. The average Bonchev–Trinajstić information content (AvgIpc) is 3.61. The predicted octanol–water partition coefficient (Wildman–Crippen LogP) is 5.76. The standard InChI is InChI=1S/C27H27F3N2O5/c1-35-21-13-12-17(15-23(21)36-2)24(25(33)31-19-8-3-4-9-19)32(26(34)22-11-6-14-37-22)20-10-5-7-18(16-20)27(28,29)30/h5-7,10-16,19,24H,3-4,8-9H2,1-2H3,(H,31,33)/t24-/m0/s1. The fraction of sp³-hybridized carbons (Fsp3) is 0.333. The number of nitrogens with one attached hydrogen (secondary N) is 1. The second-order valence-electron chi connectivity index (χ2n) is 8.71. The van der Waals surface area contributed by atoms with E-state index in [4.69, 9.17) is 13.9 Å². The summed E-state index contributed by atoms with van der Waals surface area (Å²) in [6, 6.07) is 10.4. The van der Waals surface area contributed by atoms with Crippen molar-refractivity contribution in [1.29, 1.82) is 0 Å². The van der Waals surface area contributed by atoms with Gasteiger partial charge in [0.1, 0.15) is 6.04 Å². The van der Waals surface area contributed by atoms with E-state index in [1.54, 1.807) is 12.1 Å². The molecular formula is C27H27F3N2O5. The highest BCUT2D eigenvalue weighted by Crippen LogP contribution is 2.38. The molecular weight excluding hydrogens is 489 g/mol. The largest absolute Gasteiger partial charge is 0.493 e. The first-order valence-corrected chi connectivity index (χ1v) is 11.8. The van der Waals surface area contributed by atoms with Crippen molar-refractivity contribution in [2.45, 2.75) is 43.9 Å². The van der Waals surface area contributed by atoms with Gasteiger partial charge in [-0.1, -0.05) is 25.0 Å². The van der Waals surface area contributed by atoms with Crippen LogP contribution in [-0.2, 0) is 11.0 Å². The number of anilines is 1. The SMILES string of the molecule is COc1ccc([C@@H](C(=O)NC2CCCC2)N(C(=O)c2ccco2)c2cccc(C(F)(F)F)c2)cc1OC. The van der Waals surface area contributed by atoms with E-state index in [2.05, 4.69) is 5.32 Å². The highest BCUT2D eigenvalue weighted by molar-refractivity contribution is 6.08. The zero-order chi connectivity index (χ0) is 26.6. The molecule has 1 aliphatic carbocycles. The van der Waals surface area contributed by atoms with Gasteiger partial charge in [0.05, 0.1) is 26.0 Å². The Labute approximate surface area is 212 Å². The lowest BCUT2D eigenvalue weighted by Gasteiger charge is -2.32. The zero-order valence-corrected chi connectivity index (χ0v) is 20.4. The van der Waals surface area contributed by atoms with Gasteiger partial charge >= 0.3 is 6.18 Å². The first kappa shape index (κ1) is 26.1. The van der Waals surface area contributed by atoms with Crippen LogP contribution in [0, 0.1) is 0 Å². The molecule has 4 rings (SSSR count). The van der Waals surface area contributed by atoms with Crippen LogP contribution in [0.4, 0.5) is 18.9 Å². The molecule has 0 saturated heterocycles. The van der Waals surface area contributed by atoms with E-state index in [1.165, 1.54) is 50.8 Å². The molecule has 0 spiro atoms. The lowest BCUT2D eigenvalue weighted by Crippen LogP contribution is -2.46. The molecule has 0 radical (unpaired) electrons. The van der Waals surface area contributed by atoms with E-state index in [-0.39, 0.29) is 17.5 Å². The smallest absolute Gasteiger partial charge is 0.416 e. The van der Waals surface area contributed by atoms with Gasteiger partial charge < -0.3 is 19.2 Å². The van der Waals surface area contributed by atoms with E-state index in [0.717, 1.165) is 42.7 Å². The van der Waals surface area contributed by atoms with Crippen molar-refractivity contribution in [1.82, 2.24) is 5.32 Å². The van der Waals surface area contributed by atoms with Crippen molar-refractivity contribution in [3.05, 3.63) is 77.7 Å². The predicted molar refractivity (Wildman–Crippen MR) is 130 cm³/mol. The van der Waals surface area contributed by atoms with E-state index in [0.29, 0.717) is 17.1 Å². The summed E-state index contributed by atoms with van der Waals surface area (Å²) in [5.74, 6) is -0.740. The minimum atomic E-state index is -4.65. The quantitative estimate of drug-likeness (QED) is 0.412. The van der Waals surface area contributed by atoms with Gasteiger partial charge in [-0.2, -0.15) is 13.2 Å². The average molecular weight is 517 g/mol. The molecule has 37 heavy (non-hydrogen) atoms. The van der Waals surface area contributed by atoms with Crippen LogP contribution in [-0.4, -0.2) is 32.1 Å². The third kappa shape index (κ3) is 5.73. The van der Waals surface area contributed by atoms with Crippen LogP contribution in [0.3, 0.4) is 0 Å². The number of alkyl halides is 3. The fourth-order valence-corrected chi connectivity index (χ4v) is 4.53. The van der Waals surface area contributed by atoms with Crippen molar-refractivity contribution in [3.8, 4) is 11.5 Å². The third-order valence-corrected chi connectivity index (χ3v) is 6.33. The number of halogens is 3. The number of hydrogen-bond acceptors (Lipinski definition) is 5. The Morgan fingerprint density at radius 2 is 1.73 bits per heavy atom. The molecule has 10 heteroatoms. The normalized spacial score (nSPS) is 14.7. The summed E-state index contributed by atoms with van der Waals surface area (Å²) in [4.78, 5) is 28.5. The van der Waals surface area contributed by atoms with E-state index in [1.807, 2.05) is 0 Å². The molecule has 1 heterocycles. The summed E-state index contributed by atoms with van der Waals surface area (Å²) in [6.07, 6.45) is 0.0886. The number of furan rings is 1. The number of ether oxygens (including phenoxy) is 2. The Morgan fingerprint density at radius 1 is 1.00 bits per heavy atom.